The van der Waals surface area contributed by atoms with E-state index in [1.54, 1.807) is 21.0 Å². The van der Waals surface area contributed by atoms with Crippen molar-refractivity contribution in [3.63, 3.8) is 0 Å². The van der Waals surface area contributed by atoms with Crippen molar-refractivity contribution in [3.8, 4) is 5.75 Å². The smallest absolute Gasteiger partial charge is 0.353 e. The molecule has 1 spiro atoms. The summed E-state index contributed by atoms with van der Waals surface area (Å²) in [6, 6.07) is 20.0. The number of aromatic nitrogens is 1. The number of aromatic amines is 1. The summed E-state index contributed by atoms with van der Waals surface area (Å²) in [6.07, 6.45) is 5.31. The molecule has 10 rings (SSSR count). The summed E-state index contributed by atoms with van der Waals surface area (Å²) in [7, 11) is 0.792. The lowest BCUT2D eigenvalue weighted by molar-refractivity contribution is -0.203. The topological polar surface area (TPSA) is 186 Å². The first-order valence-corrected chi connectivity index (χ1v) is 27.3. The molecule has 0 radical (unpaired) electrons. The van der Waals surface area contributed by atoms with Crippen LogP contribution in [0, 0.1) is 11.3 Å². The van der Waals surface area contributed by atoms with Gasteiger partial charge in [-0.15, -0.1) is 0 Å². The lowest BCUT2D eigenvalue weighted by Gasteiger charge is -2.63. The van der Waals surface area contributed by atoms with Gasteiger partial charge in [-0.25, -0.2) is 0 Å². The van der Waals surface area contributed by atoms with Gasteiger partial charge in [0.05, 0.1) is 39.1 Å². The van der Waals surface area contributed by atoms with Gasteiger partial charge >= 0.3 is 13.6 Å². The fourth-order valence-electron chi connectivity index (χ4n) is 15.0. The molecule has 3 fully saturated rings. The Balaban J connectivity index is 1.21. The lowest BCUT2D eigenvalue weighted by Crippen LogP contribution is -2.82. The summed E-state index contributed by atoms with van der Waals surface area (Å²) >= 11 is 0. The zero-order valence-corrected chi connectivity index (χ0v) is 43.2. The number of methoxy groups -OCH3 is 2. The van der Waals surface area contributed by atoms with Crippen LogP contribution < -0.4 is 15.0 Å². The molecule has 1 aromatic heterocycles. The second-order valence-electron chi connectivity index (χ2n) is 21.2. The summed E-state index contributed by atoms with van der Waals surface area (Å²) in [5, 5.41) is 43.3. The molecule has 3 unspecified atom stereocenters. The van der Waals surface area contributed by atoms with Crippen molar-refractivity contribution in [1.82, 2.24) is 20.1 Å². The molecule has 2 saturated heterocycles. The molecule has 6 aliphatic rings. The molecule has 5 aliphatic heterocycles. The molecular formula is C55H72N5O10P. The first-order chi connectivity index (χ1) is 34.1. The van der Waals surface area contributed by atoms with E-state index in [0.29, 0.717) is 88.2 Å². The molecule has 11 atom stereocenters. The number of aliphatic hydroxyl groups excluding tert-OH is 1. The highest BCUT2D eigenvalue weighted by atomic mass is 31.2. The number of carbonyl (C=O) groups is 2. The number of aliphatic hydroxyl groups is 3. The number of esters is 1. The van der Waals surface area contributed by atoms with E-state index < -0.39 is 70.9 Å². The number of nitrogens with one attached hydrogen (secondary N) is 2. The number of hydrogen-bond donors (Lipinski definition) is 5. The number of piperidine rings is 1. The predicted molar refractivity (Wildman–Crippen MR) is 272 cm³/mol. The third kappa shape index (κ3) is 7.34. The van der Waals surface area contributed by atoms with Crippen LogP contribution in [0.2, 0.25) is 0 Å². The molecule has 4 aromatic rings. The summed E-state index contributed by atoms with van der Waals surface area (Å²) in [5.41, 5.74) is -1.65. The number of amides is 1. The van der Waals surface area contributed by atoms with Gasteiger partial charge in [0.2, 0.25) is 0 Å². The molecule has 1 saturated carbocycles. The van der Waals surface area contributed by atoms with Crippen LogP contribution in [0.25, 0.3) is 10.9 Å². The van der Waals surface area contributed by atoms with E-state index in [1.807, 2.05) is 92.5 Å². The minimum absolute atomic E-state index is 0.0477. The van der Waals surface area contributed by atoms with E-state index in [1.165, 1.54) is 7.11 Å². The zero-order valence-electron chi connectivity index (χ0n) is 42.3. The van der Waals surface area contributed by atoms with Crippen LogP contribution in [0.5, 0.6) is 5.75 Å². The van der Waals surface area contributed by atoms with Crippen molar-refractivity contribution in [2.24, 2.45) is 11.3 Å². The first kappa shape index (κ1) is 50.0. The van der Waals surface area contributed by atoms with Gasteiger partial charge in [0.15, 0.2) is 5.60 Å². The van der Waals surface area contributed by atoms with Crippen LogP contribution in [0.3, 0.4) is 0 Å². The number of anilines is 1. The Labute approximate surface area is 417 Å². The van der Waals surface area contributed by atoms with Crippen LogP contribution >= 0.6 is 7.60 Å². The Morgan fingerprint density at radius 3 is 2.35 bits per heavy atom. The van der Waals surface area contributed by atoms with Crippen molar-refractivity contribution < 1.29 is 48.0 Å². The normalized spacial score (nSPS) is 33.5. The fraction of sp³-hybridized carbons (Fsp3) is 0.564. The number of H-pyrrole nitrogens is 1. The van der Waals surface area contributed by atoms with Crippen LogP contribution in [-0.2, 0) is 51.6 Å². The maximum absolute atomic E-state index is 15.8. The minimum Gasteiger partial charge on any atom is -0.496 e. The van der Waals surface area contributed by atoms with Gasteiger partial charge in [-0.1, -0.05) is 74.5 Å². The highest BCUT2D eigenvalue weighted by Gasteiger charge is 2.79. The van der Waals surface area contributed by atoms with E-state index in [0.717, 1.165) is 33.3 Å². The summed E-state index contributed by atoms with van der Waals surface area (Å²) in [6.45, 7) is 10.6. The molecule has 1 aliphatic carbocycles. The number of likely N-dealkylation sites (N-methyl/N-ethyl adjacent to an activating group) is 1. The fourth-order valence-corrected chi connectivity index (χ4v) is 16.8. The summed E-state index contributed by atoms with van der Waals surface area (Å²) in [5.74, 6) is -2.30. The average molecular weight is 994 g/mol. The Kier molecular flexibility index (Phi) is 13.0. The number of para-hydroxylation sites is 1. The van der Waals surface area contributed by atoms with Gasteiger partial charge in [-0.05, 0) is 93.7 Å². The van der Waals surface area contributed by atoms with E-state index in [9.17, 15) is 19.9 Å². The first-order valence-electron chi connectivity index (χ1n) is 25.7. The number of ether oxygens (including phenoxy) is 2. The monoisotopic (exact) mass is 994 g/mol. The lowest BCUT2D eigenvalue weighted by atomic mass is 9.47. The molecule has 3 aromatic carbocycles. The second kappa shape index (κ2) is 18.4. The van der Waals surface area contributed by atoms with Gasteiger partial charge in [0, 0.05) is 90.4 Å². The Hall–Kier alpha value is -4.57. The molecule has 2 bridgehead atoms. The van der Waals surface area contributed by atoms with Crippen LogP contribution in [-0.4, -0.2) is 144 Å². The van der Waals surface area contributed by atoms with E-state index in [4.69, 9.17) is 18.5 Å². The molecule has 6 heterocycles. The number of carbonyl (C=O) groups excluding carboxylic acids is 2. The van der Waals surface area contributed by atoms with Gasteiger partial charge < -0.3 is 49.0 Å². The number of hydrogen-bond acceptors (Lipinski definition) is 13. The largest absolute Gasteiger partial charge is 0.496 e. The number of nitrogens with zero attached hydrogens (tertiary/aromatic N) is 3. The Morgan fingerprint density at radius 1 is 0.930 bits per heavy atom. The standard InChI is InChI=1S/C55H72N5O10P/c1-8-51(64)31-36-32-54(50(63)68-7,45-38(22-26-59(33-36)34-51)37-20-15-16-21-41(37)56-45)40-29-39-42(30-43(40)67-6)58(5)47-53(39)24-27-60-25-17-23-52(9-2,46(53)60)48(61)55(47,65)49(62)57-44(28-35-18-13-12-14-19-35)71(66,69-10-3)70-11-4/h12-21,23,29-30,36,44,46-48,56,61,64-65H,8-11,22,24-28,31-34H2,1-7H3,(H,57,62)/t36-,44+,46?,47+,48+,51-,52+,53?,54-,55-/m0/s1. The number of fused-ring (bicyclic) bond motifs is 6. The van der Waals surface area contributed by atoms with Gasteiger partial charge in [-0.2, -0.15) is 0 Å². The van der Waals surface area contributed by atoms with Crippen molar-refractivity contribution in [1.29, 1.82) is 0 Å². The van der Waals surface area contributed by atoms with Crippen molar-refractivity contribution >= 4 is 36.1 Å². The molecule has 16 heteroatoms. The molecule has 1 amide bonds. The van der Waals surface area contributed by atoms with E-state index in [-0.39, 0.29) is 25.6 Å². The van der Waals surface area contributed by atoms with E-state index in [2.05, 4.69) is 32.2 Å². The maximum Gasteiger partial charge on any atom is 0.353 e. The van der Waals surface area contributed by atoms with Crippen LogP contribution in [0.15, 0.2) is 78.9 Å². The third-order valence-corrected chi connectivity index (χ3v) is 20.1. The Bertz CT molecular complexity index is 2760. The van der Waals surface area contributed by atoms with Gasteiger partial charge in [0.25, 0.3) is 5.91 Å². The van der Waals surface area contributed by atoms with Crippen molar-refractivity contribution in [2.75, 3.05) is 72.1 Å². The van der Waals surface area contributed by atoms with Crippen molar-refractivity contribution in [3.05, 3.63) is 107 Å². The molecule has 15 nitrogen and oxygen atoms in total. The van der Waals surface area contributed by atoms with Crippen LogP contribution in [0.1, 0.15) is 87.7 Å². The predicted octanol–water partition coefficient (Wildman–Crippen LogP) is 6.20. The molecular weight excluding hydrogens is 922 g/mol. The number of benzene rings is 3. The molecule has 382 valence electrons. The highest BCUT2D eigenvalue weighted by molar-refractivity contribution is 7.54. The van der Waals surface area contributed by atoms with Crippen LogP contribution in [0.4, 0.5) is 5.69 Å². The zero-order chi connectivity index (χ0) is 50.3. The quantitative estimate of drug-likeness (QED) is 0.0547. The average Bonchev–Trinajstić information content (AvgIpc) is 4.04. The maximum atomic E-state index is 15.8. The third-order valence-electron chi connectivity index (χ3n) is 17.8. The van der Waals surface area contributed by atoms with E-state index >= 15 is 9.59 Å². The van der Waals surface area contributed by atoms with Gasteiger partial charge in [-0.3, -0.25) is 24.0 Å². The second-order valence-corrected chi connectivity index (χ2v) is 23.4. The SMILES string of the molecule is CCOP(=O)(OCC)[C@H](Cc1ccccc1)NC(=O)[C@]1(O)[C@@H]2N(C)c3cc(OC)c([C@@]4(C(=O)OC)C[C@H]5CN(CCc6c4[nH]c4ccccc64)C[C@](O)(CC)C5)cc3C23CCN2CC=C[C@](CC)(C23)[C@H]1O. The number of rotatable bonds is 14. The Morgan fingerprint density at radius 2 is 1.66 bits per heavy atom. The highest BCUT2D eigenvalue weighted by Crippen LogP contribution is 2.68. The minimum atomic E-state index is -4.08. The molecule has 71 heavy (non-hydrogen) atoms. The molecule has 5 N–H and O–H groups in total. The summed E-state index contributed by atoms with van der Waals surface area (Å²) in [4.78, 5) is 41.8. The van der Waals surface area contributed by atoms with Gasteiger partial charge in [0.1, 0.15) is 23.1 Å². The summed E-state index contributed by atoms with van der Waals surface area (Å²) < 4.78 is 39.1. The van der Waals surface area contributed by atoms with Crippen molar-refractivity contribution in [2.45, 2.75) is 119 Å².